The van der Waals surface area contributed by atoms with Crippen molar-refractivity contribution in [3.8, 4) is 11.1 Å². The molecule has 0 bridgehead atoms. The van der Waals surface area contributed by atoms with Crippen molar-refractivity contribution in [3.05, 3.63) is 107 Å². The molecule has 1 amide bonds. The molecule has 2 aliphatic carbocycles. The van der Waals surface area contributed by atoms with E-state index in [2.05, 4.69) is 25.4 Å². The second-order valence-corrected chi connectivity index (χ2v) is 11.0. The molecule has 5 aromatic rings. The summed E-state index contributed by atoms with van der Waals surface area (Å²) in [5.74, 6) is -7.70. The fourth-order valence-electron chi connectivity index (χ4n) is 6.21. The first-order chi connectivity index (χ1) is 21.1. The maximum Gasteiger partial charge on any atom is 0.293 e. The smallest absolute Gasteiger partial charge is 0.293 e. The number of pyridine rings is 1. The zero-order chi connectivity index (χ0) is 30.7. The number of alkyl halides is 4. The normalized spacial score (nSPS) is 18.7. The molecule has 0 aliphatic heterocycles. The number of carbonyl (C=O) groups is 1. The first-order valence-corrected chi connectivity index (χ1v) is 13.8. The van der Waals surface area contributed by atoms with Crippen LogP contribution in [0.3, 0.4) is 0 Å². The van der Waals surface area contributed by atoms with Gasteiger partial charge in [-0.15, -0.1) is 0 Å². The third-order valence-corrected chi connectivity index (χ3v) is 8.15. The minimum Gasteiger partial charge on any atom is -0.346 e. The minimum atomic E-state index is -3.40. The molecule has 1 saturated carbocycles. The molecule has 0 saturated heterocycles. The average molecular weight is 609 g/mol. The first-order valence-electron chi connectivity index (χ1n) is 13.8. The molecule has 1 fully saturated rings. The lowest BCUT2D eigenvalue weighted by Gasteiger charge is -2.22. The number of rotatable bonds is 8. The van der Waals surface area contributed by atoms with E-state index in [9.17, 15) is 22.4 Å². The van der Waals surface area contributed by atoms with Gasteiger partial charge in [-0.05, 0) is 54.2 Å². The van der Waals surface area contributed by atoms with Crippen LogP contribution >= 0.6 is 0 Å². The Morgan fingerprint density at radius 2 is 1.84 bits per heavy atom. The summed E-state index contributed by atoms with van der Waals surface area (Å²) in [6, 6.07) is 11.0. The minimum absolute atomic E-state index is 0.0880. The highest BCUT2D eigenvalue weighted by atomic mass is 19.3. The molecule has 0 spiro atoms. The van der Waals surface area contributed by atoms with Gasteiger partial charge in [-0.2, -0.15) is 13.9 Å². The number of hydrogen-bond donors (Lipinski definition) is 1. The molecule has 44 heavy (non-hydrogen) atoms. The summed E-state index contributed by atoms with van der Waals surface area (Å²) in [6.45, 7) is -0.779. The zero-order valence-corrected chi connectivity index (χ0v) is 22.7. The van der Waals surface area contributed by atoms with E-state index < -0.39 is 65.7 Å². The Hall–Kier alpha value is -4.81. The molecule has 224 valence electrons. The maximum atomic E-state index is 15.1. The lowest BCUT2D eigenvalue weighted by molar-refractivity contribution is -0.123. The van der Waals surface area contributed by atoms with Crippen LogP contribution in [0.15, 0.2) is 67.3 Å². The summed E-state index contributed by atoms with van der Waals surface area (Å²) in [5.41, 5.74) is 0.664. The fourth-order valence-corrected chi connectivity index (χ4v) is 6.21. The monoisotopic (exact) mass is 608 g/mol. The number of halogens is 6. The van der Waals surface area contributed by atoms with Crippen molar-refractivity contribution < 1.29 is 31.1 Å². The Morgan fingerprint density at radius 3 is 2.61 bits per heavy atom. The van der Waals surface area contributed by atoms with E-state index in [1.807, 2.05) is 12.1 Å². The SMILES string of the molecule is O=C(Cn1nc(C(F)F)c2c1C(F)(F)C1CC21)N[C@@H](Cc1cc(F)cc(F)c1)c1ncncc1-c1ccc2cccnc2c1. The van der Waals surface area contributed by atoms with E-state index in [1.54, 1.807) is 24.4 Å². The van der Waals surface area contributed by atoms with Crippen LogP contribution in [0.25, 0.3) is 22.0 Å². The summed E-state index contributed by atoms with van der Waals surface area (Å²) < 4.78 is 86.5. The predicted molar refractivity (Wildman–Crippen MR) is 146 cm³/mol. The Labute approximate surface area is 246 Å². The van der Waals surface area contributed by atoms with Crippen LogP contribution < -0.4 is 5.32 Å². The zero-order valence-electron chi connectivity index (χ0n) is 22.7. The van der Waals surface area contributed by atoms with Gasteiger partial charge in [0.1, 0.15) is 35.9 Å². The summed E-state index contributed by atoms with van der Waals surface area (Å²) >= 11 is 0. The second kappa shape index (κ2) is 10.4. The van der Waals surface area contributed by atoms with Gasteiger partial charge < -0.3 is 5.32 Å². The van der Waals surface area contributed by atoms with Gasteiger partial charge in [-0.1, -0.05) is 18.2 Å². The van der Waals surface area contributed by atoms with Gasteiger partial charge >= 0.3 is 0 Å². The van der Waals surface area contributed by atoms with Crippen LogP contribution in [0.5, 0.6) is 0 Å². The van der Waals surface area contributed by atoms with Gasteiger partial charge in [-0.25, -0.2) is 27.5 Å². The predicted octanol–water partition coefficient (Wildman–Crippen LogP) is 6.41. The van der Waals surface area contributed by atoms with Crippen molar-refractivity contribution in [2.75, 3.05) is 0 Å². The Kier molecular flexibility index (Phi) is 6.63. The van der Waals surface area contributed by atoms with E-state index in [-0.39, 0.29) is 29.7 Å². The van der Waals surface area contributed by atoms with Crippen LogP contribution in [-0.4, -0.2) is 30.6 Å². The van der Waals surface area contributed by atoms with Gasteiger partial charge in [0.2, 0.25) is 5.91 Å². The summed E-state index contributed by atoms with van der Waals surface area (Å²) in [6.07, 6.45) is 1.25. The largest absolute Gasteiger partial charge is 0.346 e. The topological polar surface area (TPSA) is 85.6 Å². The highest BCUT2D eigenvalue weighted by Gasteiger charge is 2.67. The van der Waals surface area contributed by atoms with Gasteiger partial charge in [0, 0.05) is 40.9 Å². The molecule has 3 aromatic heterocycles. The number of hydrogen-bond acceptors (Lipinski definition) is 5. The third-order valence-electron chi connectivity index (χ3n) is 8.15. The average Bonchev–Trinajstić information content (AvgIpc) is 3.64. The molecular formula is C31H22F6N6O. The lowest BCUT2D eigenvalue weighted by Crippen LogP contribution is -2.35. The molecular weight excluding hydrogens is 586 g/mol. The molecule has 2 aliphatic rings. The quantitative estimate of drug-likeness (QED) is 0.206. The van der Waals surface area contributed by atoms with E-state index in [1.165, 1.54) is 12.5 Å². The number of nitrogens with zero attached hydrogens (tertiary/aromatic N) is 5. The first kappa shape index (κ1) is 28.0. The van der Waals surface area contributed by atoms with Crippen LogP contribution in [0.1, 0.15) is 53.0 Å². The molecule has 1 N–H and O–H groups in total. The Morgan fingerprint density at radius 1 is 1.05 bits per heavy atom. The van der Waals surface area contributed by atoms with Crippen LogP contribution in [-0.2, 0) is 23.7 Å². The number of benzene rings is 2. The number of carbonyl (C=O) groups excluding carboxylic acids is 1. The van der Waals surface area contributed by atoms with Crippen LogP contribution in [0, 0.1) is 17.6 Å². The van der Waals surface area contributed by atoms with E-state index >= 15 is 8.78 Å². The van der Waals surface area contributed by atoms with Gasteiger partial charge in [-0.3, -0.25) is 14.5 Å². The van der Waals surface area contributed by atoms with Gasteiger partial charge in [0.15, 0.2) is 0 Å². The third kappa shape index (κ3) is 4.85. The highest BCUT2D eigenvalue weighted by molar-refractivity contribution is 5.84. The van der Waals surface area contributed by atoms with E-state index in [0.29, 0.717) is 27.4 Å². The lowest BCUT2D eigenvalue weighted by atomic mass is 9.95. The van der Waals surface area contributed by atoms with Crippen LogP contribution in [0.2, 0.25) is 0 Å². The second-order valence-electron chi connectivity index (χ2n) is 11.0. The molecule has 7 nitrogen and oxygen atoms in total. The van der Waals surface area contributed by atoms with Crippen molar-refractivity contribution >= 4 is 16.8 Å². The molecule has 2 aromatic carbocycles. The highest BCUT2D eigenvalue weighted by Crippen LogP contribution is 2.68. The van der Waals surface area contributed by atoms with Crippen molar-refractivity contribution in [2.45, 2.75) is 43.7 Å². The standard InChI is InChI=1S/C31H22F6N6O/c32-18-6-15(7-19(33)10-18)8-24(27-21(12-38-14-40-27)17-4-3-16-2-1-5-39-23(16)9-17)41-25(44)13-43-29-26(28(42-43)30(34)35)20-11-22(20)31(29,36)37/h1-7,9-10,12,14,20,22,24,30H,8,11,13H2,(H,41,44)/t20?,22?,24-/m0/s1. The summed E-state index contributed by atoms with van der Waals surface area (Å²) in [7, 11) is 0. The molecule has 0 radical (unpaired) electrons. The van der Waals surface area contributed by atoms with Crippen molar-refractivity contribution in [2.24, 2.45) is 5.92 Å². The van der Waals surface area contributed by atoms with E-state index in [0.717, 1.165) is 17.5 Å². The number of aromatic nitrogens is 5. The van der Waals surface area contributed by atoms with Crippen LogP contribution in [0.4, 0.5) is 26.3 Å². The molecule has 2 unspecified atom stereocenters. The molecule has 3 atom stereocenters. The number of nitrogens with one attached hydrogen (secondary N) is 1. The Balaban J connectivity index is 1.25. The number of fused-ring (bicyclic) bond motifs is 4. The number of amides is 1. The molecule has 7 rings (SSSR count). The summed E-state index contributed by atoms with van der Waals surface area (Å²) in [4.78, 5) is 26.3. The van der Waals surface area contributed by atoms with Crippen molar-refractivity contribution in [1.82, 2.24) is 30.0 Å². The van der Waals surface area contributed by atoms with Gasteiger partial charge in [0.05, 0.1) is 17.3 Å². The maximum absolute atomic E-state index is 15.1. The van der Waals surface area contributed by atoms with Crippen molar-refractivity contribution in [1.29, 1.82) is 0 Å². The van der Waals surface area contributed by atoms with E-state index in [4.69, 9.17) is 0 Å². The fraction of sp³-hybridized carbons (Fsp3) is 0.258. The van der Waals surface area contributed by atoms with Crippen molar-refractivity contribution in [3.63, 3.8) is 0 Å². The molecule has 3 heterocycles. The molecule has 13 heteroatoms. The Bertz CT molecular complexity index is 1910. The summed E-state index contributed by atoms with van der Waals surface area (Å²) in [5, 5.41) is 7.31. The van der Waals surface area contributed by atoms with Gasteiger partial charge in [0.25, 0.3) is 12.3 Å².